The van der Waals surface area contributed by atoms with Crippen molar-refractivity contribution in [2.75, 3.05) is 0 Å². The van der Waals surface area contributed by atoms with Gasteiger partial charge in [0, 0.05) is 12.8 Å². The van der Waals surface area contributed by atoms with Crippen LogP contribution in [0.15, 0.2) is 0 Å². The molecule has 0 aromatic carbocycles. The van der Waals surface area contributed by atoms with Crippen LogP contribution in [0.4, 0.5) is 83.4 Å². The minimum Gasteiger partial charge on any atom is -0.743 e. The molecular weight excluding hydrogens is 599 g/mol. The first-order valence-electron chi connectivity index (χ1n) is 7.75. The predicted molar refractivity (Wildman–Crippen MR) is 75.2 cm³/mol. The SMILES string of the molecule is O=S(=O)([O-])C(F)(F)C(F)(F)C(F)(F)C(F)(F)C(F)(F)C(F)(F)C(F)(F)C(F)(F)CCCC(F)(F)F.[NH4+]. The summed E-state index contributed by atoms with van der Waals surface area (Å²) in [7, 11) is -8.20. The zero-order valence-electron chi connectivity index (χ0n) is 16.4. The first kappa shape index (κ1) is 36.7. The highest BCUT2D eigenvalue weighted by molar-refractivity contribution is 7.86. The standard InChI is InChI=1S/C12H7F19O3S.H3N/c13-4(14,2-1-3-5(15,16)17)6(18,19)7(20,21)8(22,23)9(24,25)10(26,27)11(28,29)12(30,31)35(32,33)34;/h1-3H2,(H,32,33,34);1H3. The Balaban J connectivity index is 0. The van der Waals surface area contributed by atoms with Crippen LogP contribution in [-0.4, -0.2) is 65.9 Å². The van der Waals surface area contributed by atoms with E-state index in [-0.39, 0.29) is 6.15 Å². The van der Waals surface area contributed by atoms with Crippen LogP contribution in [0.2, 0.25) is 0 Å². The normalized spacial score (nSPS) is 16.1. The minimum absolute atomic E-state index is 0. The summed E-state index contributed by atoms with van der Waals surface area (Å²) >= 11 is 0. The fourth-order valence-electron chi connectivity index (χ4n) is 2.03. The Hall–Kier alpha value is -1.46. The predicted octanol–water partition coefficient (Wildman–Crippen LogP) is 6.68. The van der Waals surface area contributed by atoms with Crippen molar-refractivity contribution in [3.63, 3.8) is 0 Å². The first-order chi connectivity index (χ1) is 14.7. The van der Waals surface area contributed by atoms with Gasteiger partial charge in [-0.3, -0.25) is 0 Å². The van der Waals surface area contributed by atoms with Crippen molar-refractivity contribution in [1.29, 1.82) is 0 Å². The third-order valence-corrected chi connectivity index (χ3v) is 4.95. The number of quaternary nitrogens is 1. The van der Waals surface area contributed by atoms with E-state index in [2.05, 4.69) is 0 Å². The van der Waals surface area contributed by atoms with Gasteiger partial charge in [-0.1, -0.05) is 0 Å². The second-order valence-electron chi connectivity index (χ2n) is 6.59. The van der Waals surface area contributed by atoms with E-state index in [1.165, 1.54) is 0 Å². The second kappa shape index (κ2) is 9.38. The Morgan fingerprint density at radius 2 is 0.750 bits per heavy atom. The van der Waals surface area contributed by atoms with E-state index in [4.69, 9.17) is 0 Å². The van der Waals surface area contributed by atoms with E-state index >= 15 is 0 Å². The maximum Gasteiger partial charge on any atom is 0.402 e. The van der Waals surface area contributed by atoms with Gasteiger partial charge in [0.1, 0.15) is 0 Å². The van der Waals surface area contributed by atoms with Gasteiger partial charge in [-0.15, -0.1) is 0 Å². The minimum atomic E-state index is -8.95. The lowest BCUT2D eigenvalue weighted by molar-refractivity contribution is -0.449. The van der Waals surface area contributed by atoms with Gasteiger partial charge in [-0.25, -0.2) is 8.42 Å². The molecule has 4 N–H and O–H groups in total. The number of hydrogen-bond acceptors (Lipinski definition) is 3. The molecule has 0 aromatic rings. The maximum absolute atomic E-state index is 13.5. The summed E-state index contributed by atoms with van der Waals surface area (Å²) in [5, 5.41) is -8.00. The molecule has 0 heterocycles. The highest BCUT2D eigenvalue weighted by Crippen LogP contribution is 2.64. The molecule has 0 saturated carbocycles. The third-order valence-electron chi connectivity index (χ3n) is 4.06. The van der Waals surface area contributed by atoms with E-state index in [1.807, 2.05) is 0 Å². The monoisotopic (exact) mass is 609 g/mol. The van der Waals surface area contributed by atoms with Crippen molar-refractivity contribution < 1.29 is 96.4 Å². The van der Waals surface area contributed by atoms with E-state index in [0.717, 1.165) is 0 Å². The fraction of sp³-hybridized carbons (Fsp3) is 1.00. The molecular formula is C12H10F19NO3S. The molecule has 0 aliphatic heterocycles. The van der Waals surface area contributed by atoms with E-state index < -0.39 is 82.3 Å². The van der Waals surface area contributed by atoms with Crippen molar-refractivity contribution in [2.45, 2.75) is 72.2 Å². The van der Waals surface area contributed by atoms with Gasteiger partial charge >= 0.3 is 52.9 Å². The van der Waals surface area contributed by atoms with E-state index in [0.29, 0.717) is 0 Å². The number of halogens is 19. The topological polar surface area (TPSA) is 93.7 Å². The molecule has 0 aliphatic carbocycles. The molecule has 0 spiro atoms. The van der Waals surface area contributed by atoms with Crippen LogP contribution in [0.3, 0.4) is 0 Å². The Bertz CT molecular complexity index is 879. The molecule has 24 heteroatoms. The summed E-state index contributed by atoms with van der Waals surface area (Å²) < 4.78 is 278. The molecule has 36 heavy (non-hydrogen) atoms. The summed E-state index contributed by atoms with van der Waals surface area (Å²) in [5.74, 6) is -58.8. The molecule has 0 fully saturated rings. The van der Waals surface area contributed by atoms with Crippen LogP contribution in [0, 0.1) is 0 Å². The van der Waals surface area contributed by atoms with Gasteiger partial charge in [0.15, 0.2) is 10.1 Å². The van der Waals surface area contributed by atoms with Crippen molar-refractivity contribution >= 4 is 10.1 Å². The quantitative estimate of drug-likeness (QED) is 0.209. The smallest absolute Gasteiger partial charge is 0.402 e. The lowest BCUT2D eigenvalue weighted by Gasteiger charge is -2.43. The highest BCUT2D eigenvalue weighted by atomic mass is 32.2. The van der Waals surface area contributed by atoms with Gasteiger partial charge in [0.05, 0.1) is 0 Å². The molecule has 0 aliphatic rings. The fourth-order valence-corrected chi connectivity index (χ4v) is 2.47. The second-order valence-corrected chi connectivity index (χ2v) is 8.01. The Morgan fingerprint density at radius 1 is 0.472 bits per heavy atom. The first-order valence-corrected chi connectivity index (χ1v) is 9.16. The Morgan fingerprint density at radius 3 is 1.03 bits per heavy atom. The van der Waals surface area contributed by atoms with Gasteiger partial charge in [0.2, 0.25) is 0 Å². The van der Waals surface area contributed by atoms with Crippen molar-refractivity contribution in [3.8, 4) is 0 Å². The molecule has 0 atom stereocenters. The van der Waals surface area contributed by atoms with Crippen LogP contribution in [0.1, 0.15) is 19.3 Å². The van der Waals surface area contributed by atoms with Crippen molar-refractivity contribution in [2.24, 2.45) is 0 Å². The summed E-state index contributed by atoms with van der Waals surface area (Å²) in [6.45, 7) is 0. The molecule has 0 amide bonds. The van der Waals surface area contributed by atoms with Gasteiger partial charge in [-0.05, 0) is 6.42 Å². The van der Waals surface area contributed by atoms with Crippen LogP contribution >= 0.6 is 0 Å². The molecule has 220 valence electrons. The zero-order chi connectivity index (χ0) is 29.1. The highest BCUT2D eigenvalue weighted by Gasteiger charge is 2.95. The van der Waals surface area contributed by atoms with Crippen LogP contribution in [0.5, 0.6) is 0 Å². The number of alkyl halides is 19. The lowest BCUT2D eigenvalue weighted by atomic mass is 9.88. The average molecular weight is 609 g/mol. The van der Waals surface area contributed by atoms with Crippen LogP contribution in [-0.2, 0) is 10.1 Å². The molecule has 4 nitrogen and oxygen atoms in total. The zero-order valence-corrected chi connectivity index (χ0v) is 17.3. The summed E-state index contributed by atoms with van der Waals surface area (Å²) in [5.41, 5.74) is 0. The van der Waals surface area contributed by atoms with Gasteiger partial charge in [0.25, 0.3) is 0 Å². The molecule has 0 bridgehead atoms. The van der Waals surface area contributed by atoms with E-state index in [9.17, 15) is 96.4 Å². The summed E-state index contributed by atoms with van der Waals surface area (Å²) in [6.07, 6.45) is -13.4. The third kappa shape index (κ3) is 5.25. The Kier molecular flexibility index (Phi) is 9.56. The van der Waals surface area contributed by atoms with E-state index in [1.54, 1.807) is 0 Å². The summed E-state index contributed by atoms with van der Waals surface area (Å²) in [6, 6.07) is 0. The molecule has 0 unspecified atom stereocenters. The van der Waals surface area contributed by atoms with Crippen LogP contribution in [0.25, 0.3) is 0 Å². The van der Waals surface area contributed by atoms with Gasteiger partial charge < -0.3 is 10.7 Å². The van der Waals surface area contributed by atoms with Crippen molar-refractivity contribution in [3.05, 3.63) is 0 Å². The molecule has 0 rings (SSSR count). The molecule has 0 radical (unpaired) electrons. The number of rotatable bonds is 11. The average Bonchev–Trinajstić information content (AvgIpc) is 2.58. The van der Waals surface area contributed by atoms with Crippen molar-refractivity contribution in [1.82, 2.24) is 6.15 Å². The molecule has 0 saturated heterocycles. The van der Waals surface area contributed by atoms with Gasteiger partial charge in [-0.2, -0.15) is 83.4 Å². The van der Waals surface area contributed by atoms with Crippen LogP contribution < -0.4 is 6.15 Å². The molecule has 0 aromatic heterocycles. The lowest BCUT2D eigenvalue weighted by Crippen LogP contribution is -2.75. The Labute approximate surface area is 186 Å². The summed E-state index contributed by atoms with van der Waals surface area (Å²) in [4.78, 5) is 0. The number of hydrogen-bond donors (Lipinski definition) is 1. The largest absolute Gasteiger partial charge is 0.743 e. The maximum atomic E-state index is 13.5.